The average molecular weight is 439 g/mol. The first-order chi connectivity index (χ1) is 15.4. The van der Waals surface area contributed by atoms with Crippen molar-refractivity contribution in [3.63, 3.8) is 0 Å². The van der Waals surface area contributed by atoms with Crippen LogP contribution in [-0.4, -0.2) is 49.2 Å². The van der Waals surface area contributed by atoms with Gasteiger partial charge >= 0.3 is 5.97 Å². The van der Waals surface area contributed by atoms with Gasteiger partial charge in [-0.25, -0.2) is 4.79 Å². The molecule has 0 saturated heterocycles. The number of methoxy groups -OCH3 is 4. The summed E-state index contributed by atoms with van der Waals surface area (Å²) in [6, 6.07) is 6.89. The molecular formula is C24H25NO7. The van der Waals surface area contributed by atoms with Gasteiger partial charge in [0.1, 0.15) is 0 Å². The van der Waals surface area contributed by atoms with Crippen molar-refractivity contribution in [3.8, 4) is 51.1 Å². The van der Waals surface area contributed by atoms with Crippen LogP contribution in [-0.2, 0) is 13.0 Å². The van der Waals surface area contributed by atoms with Crippen LogP contribution in [0.15, 0.2) is 24.3 Å². The molecule has 1 aliphatic heterocycles. The molecule has 0 radical (unpaired) electrons. The van der Waals surface area contributed by atoms with Crippen molar-refractivity contribution in [3.05, 3.63) is 41.1 Å². The predicted molar refractivity (Wildman–Crippen MR) is 119 cm³/mol. The van der Waals surface area contributed by atoms with E-state index in [-0.39, 0.29) is 17.1 Å². The van der Waals surface area contributed by atoms with Crippen molar-refractivity contribution in [1.82, 2.24) is 4.57 Å². The number of benzene rings is 2. The monoisotopic (exact) mass is 439 g/mol. The zero-order valence-corrected chi connectivity index (χ0v) is 18.6. The molecule has 0 spiro atoms. The van der Waals surface area contributed by atoms with Crippen LogP contribution < -0.4 is 18.9 Å². The molecule has 0 amide bonds. The third-order valence-corrected chi connectivity index (χ3v) is 5.95. The van der Waals surface area contributed by atoms with Crippen LogP contribution in [0.2, 0.25) is 0 Å². The number of hydrogen-bond donors (Lipinski definition) is 2. The van der Waals surface area contributed by atoms with Crippen LogP contribution >= 0.6 is 0 Å². The molecule has 8 heteroatoms. The number of fused-ring (bicyclic) bond motifs is 3. The van der Waals surface area contributed by atoms with E-state index in [0.29, 0.717) is 47.0 Å². The maximum absolute atomic E-state index is 12.5. The highest BCUT2D eigenvalue weighted by atomic mass is 16.5. The number of aromatic hydroxyl groups is 1. The van der Waals surface area contributed by atoms with Gasteiger partial charge in [-0.05, 0) is 48.7 Å². The number of aryl methyl sites for hydroxylation is 1. The van der Waals surface area contributed by atoms with Crippen LogP contribution in [0.4, 0.5) is 0 Å². The Morgan fingerprint density at radius 3 is 2.19 bits per heavy atom. The zero-order valence-electron chi connectivity index (χ0n) is 18.6. The molecule has 1 aromatic heterocycles. The minimum absolute atomic E-state index is 0.131. The SMILES string of the molecule is COc1cc2c(cc1OC)-c1c(C(=O)O)c(-c3cc(O)c(OC)c(OC)c3)c(C)n1CC2. The van der Waals surface area contributed by atoms with E-state index in [1.807, 2.05) is 23.6 Å². The van der Waals surface area contributed by atoms with Gasteiger partial charge in [-0.15, -0.1) is 0 Å². The molecule has 32 heavy (non-hydrogen) atoms. The largest absolute Gasteiger partial charge is 0.504 e. The van der Waals surface area contributed by atoms with Crippen LogP contribution in [0.3, 0.4) is 0 Å². The van der Waals surface area contributed by atoms with Gasteiger partial charge in [0.05, 0.1) is 39.7 Å². The summed E-state index contributed by atoms with van der Waals surface area (Å²) >= 11 is 0. The van der Waals surface area contributed by atoms with Crippen LogP contribution in [0.5, 0.6) is 28.7 Å². The Bertz CT molecular complexity index is 1230. The molecule has 0 unspecified atom stereocenters. The van der Waals surface area contributed by atoms with Crippen molar-refractivity contribution in [2.75, 3.05) is 28.4 Å². The van der Waals surface area contributed by atoms with Crippen molar-refractivity contribution in [1.29, 1.82) is 0 Å². The fourth-order valence-corrected chi connectivity index (χ4v) is 4.53. The molecule has 8 nitrogen and oxygen atoms in total. The van der Waals surface area contributed by atoms with Gasteiger partial charge in [-0.1, -0.05) is 0 Å². The second-order valence-corrected chi connectivity index (χ2v) is 7.49. The van der Waals surface area contributed by atoms with Crippen molar-refractivity contribution in [2.24, 2.45) is 0 Å². The topological polar surface area (TPSA) is 99.4 Å². The lowest BCUT2D eigenvalue weighted by Gasteiger charge is -2.23. The van der Waals surface area contributed by atoms with E-state index >= 15 is 0 Å². The number of ether oxygens (including phenoxy) is 4. The Morgan fingerprint density at radius 2 is 1.59 bits per heavy atom. The molecule has 2 heterocycles. The Kier molecular flexibility index (Phi) is 5.38. The number of nitrogens with zero attached hydrogens (tertiary/aromatic N) is 1. The highest BCUT2D eigenvalue weighted by Crippen LogP contribution is 2.47. The Balaban J connectivity index is 2.04. The van der Waals surface area contributed by atoms with Crippen molar-refractivity contribution in [2.45, 2.75) is 19.9 Å². The molecule has 0 fully saturated rings. The first-order valence-corrected chi connectivity index (χ1v) is 10.0. The van der Waals surface area contributed by atoms with E-state index in [9.17, 15) is 15.0 Å². The number of carboxylic acids is 1. The van der Waals surface area contributed by atoms with Gasteiger partial charge in [0.25, 0.3) is 0 Å². The lowest BCUT2D eigenvalue weighted by atomic mass is 9.93. The molecule has 4 rings (SSSR count). The van der Waals surface area contributed by atoms with E-state index in [1.54, 1.807) is 20.3 Å². The second kappa shape index (κ2) is 8.03. The van der Waals surface area contributed by atoms with E-state index < -0.39 is 5.97 Å². The van der Waals surface area contributed by atoms with Gasteiger partial charge < -0.3 is 33.7 Å². The number of aromatic carboxylic acids is 1. The highest BCUT2D eigenvalue weighted by Gasteiger charge is 2.32. The third kappa shape index (κ3) is 3.10. The molecule has 0 bridgehead atoms. The second-order valence-electron chi connectivity index (χ2n) is 7.49. The van der Waals surface area contributed by atoms with E-state index in [0.717, 1.165) is 16.8 Å². The smallest absolute Gasteiger partial charge is 0.338 e. The number of rotatable bonds is 6. The van der Waals surface area contributed by atoms with E-state index in [4.69, 9.17) is 18.9 Å². The van der Waals surface area contributed by atoms with Gasteiger partial charge in [-0.2, -0.15) is 0 Å². The fraction of sp³-hybridized carbons (Fsp3) is 0.292. The normalized spacial score (nSPS) is 12.0. The van der Waals surface area contributed by atoms with Crippen LogP contribution in [0.25, 0.3) is 22.4 Å². The first kappa shape index (κ1) is 21.4. The van der Waals surface area contributed by atoms with Crippen molar-refractivity contribution >= 4 is 5.97 Å². The summed E-state index contributed by atoms with van der Waals surface area (Å²) < 4.78 is 23.5. The number of phenolic OH excluding ortho intramolecular Hbond substituents is 1. The molecule has 2 N–H and O–H groups in total. The van der Waals surface area contributed by atoms with Crippen molar-refractivity contribution < 1.29 is 34.0 Å². The van der Waals surface area contributed by atoms with Crippen LogP contribution in [0, 0.1) is 6.92 Å². The molecule has 0 saturated carbocycles. The molecule has 0 aliphatic carbocycles. The minimum Gasteiger partial charge on any atom is -0.504 e. The molecule has 3 aromatic rings. The lowest BCUT2D eigenvalue weighted by molar-refractivity contribution is 0.0698. The minimum atomic E-state index is -1.06. The van der Waals surface area contributed by atoms with Gasteiger partial charge in [0.15, 0.2) is 23.0 Å². The Labute approximate surface area is 185 Å². The maximum Gasteiger partial charge on any atom is 0.338 e. The maximum atomic E-state index is 12.5. The highest BCUT2D eigenvalue weighted by molar-refractivity contribution is 6.05. The number of hydrogen-bond acceptors (Lipinski definition) is 6. The summed E-state index contributed by atoms with van der Waals surface area (Å²) in [6.45, 7) is 2.49. The van der Waals surface area contributed by atoms with Gasteiger partial charge in [0, 0.05) is 23.4 Å². The van der Waals surface area contributed by atoms with E-state index in [1.165, 1.54) is 20.3 Å². The predicted octanol–water partition coefficient (Wildman–Crippen LogP) is 4.12. The molecule has 1 aliphatic rings. The third-order valence-electron chi connectivity index (χ3n) is 5.95. The van der Waals surface area contributed by atoms with Gasteiger partial charge in [0.2, 0.25) is 5.75 Å². The summed E-state index contributed by atoms with van der Waals surface area (Å²) in [5, 5.41) is 20.7. The number of carboxylic acid groups (broad SMARTS) is 1. The quantitative estimate of drug-likeness (QED) is 0.596. The van der Waals surface area contributed by atoms with E-state index in [2.05, 4.69) is 0 Å². The summed E-state index contributed by atoms with van der Waals surface area (Å²) in [5.41, 5.74) is 4.35. The first-order valence-electron chi connectivity index (χ1n) is 10.0. The Morgan fingerprint density at radius 1 is 0.938 bits per heavy atom. The fourth-order valence-electron chi connectivity index (χ4n) is 4.53. The molecular weight excluding hydrogens is 414 g/mol. The number of carbonyl (C=O) groups is 1. The van der Waals surface area contributed by atoms with Gasteiger partial charge in [-0.3, -0.25) is 0 Å². The average Bonchev–Trinajstić information content (AvgIpc) is 3.10. The number of phenols is 1. The van der Waals surface area contributed by atoms with Crippen LogP contribution in [0.1, 0.15) is 21.6 Å². The molecule has 0 atom stereocenters. The zero-order chi connectivity index (χ0) is 23.2. The standard InChI is InChI=1S/C24H25NO7/c1-12-20(14-8-16(26)23(32-5)19(10-14)31-4)21(24(27)28)22-15-11-18(30-3)17(29-2)9-13(15)6-7-25(12)22/h8-11,26H,6-7H2,1-5H3,(H,27,28). The number of aromatic nitrogens is 1. The molecule has 2 aromatic carbocycles. The summed E-state index contributed by atoms with van der Waals surface area (Å²) in [5.74, 6) is 0.443. The summed E-state index contributed by atoms with van der Waals surface area (Å²) in [7, 11) is 6.02. The Hall–Kier alpha value is -3.81. The summed E-state index contributed by atoms with van der Waals surface area (Å²) in [6.07, 6.45) is 0.716. The lowest BCUT2D eigenvalue weighted by Crippen LogP contribution is -2.14. The summed E-state index contributed by atoms with van der Waals surface area (Å²) in [4.78, 5) is 12.5. The molecule has 168 valence electrons.